The largest absolute Gasteiger partial charge is 0.317 e. The van der Waals surface area contributed by atoms with Crippen molar-refractivity contribution in [2.75, 3.05) is 13.1 Å². The van der Waals surface area contributed by atoms with E-state index in [0.29, 0.717) is 5.92 Å². The van der Waals surface area contributed by atoms with Crippen LogP contribution in [0.25, 0.3) is 0 Å². The molecule has 0 aliphatic carbocycles. The zero-order chi connectivity index (χ0) is 8.93. The Balaban J connectivity index is 1.95. The predicted molar refractivity (Wildman–Crippen MR) is 54.6 cm³/mol. The SMILES string of the molecule is C(#CC1CCNCC1)c1cnsc1. The molecule has 0 spiro atoms. The van der Waals surface area contributed by atoms with Crippen molar-refractivity contribution in [1.29, 1.82) is 0 Å². The Morgan fingerprint density at radius 2 is 2.31 bits per heavy atom. The third-order valence-electron chi connectivity index (χ3n) is 2.19. The van der Waals surface area contributed by atoms with Gasteiger partial charge in [-0.25, -0.2) is 0 Å². The lowest BCUT2D eigenvalue weighted by atomic mass is 9.99. The monoisotopic (exact) mass is 192 g/mol. The van der Waals surface area contributed by atoms with Crippen LogP contribution in [0, 0.1) is 17.8 Å². The van der Waals surface area contributed by atoms with Crippen LogP contribution in [0.5, 0.6) is 0 Å². The van der Waals surface area contributed by atoms with E-state index in [9.17, 15) is 0 Å². The molecule has 1 aliphatic heterocycles. The highest BCUT2D eigenvalue weighted by atomic mass is 32.1. The molecule has 2 rings (SSSR count). The zero-order valence-corrected chi connectivity index (χ0v) is 8.23. The molecule has 0 atom stereocenters. The van der Waals surface area contributed by atoms with Gasteiger partial charge in [-0.15, -0.1) is 0 Å². The van der Waals surface area contributed by atoms with Crippen LogP contribution in [-0.2, 0) is 0 Å². The molecule has 0 unspecified atom stereocenters. The van der Waals surface area contributed by atoms with E-state index >= 15 is 0 Å². The van der Waals surface area contributed by atoms with Crippen LogP contribution < -0.4 is 5.32 Å². The van der Waals surface area contributed by atoms with E-state index in [4.69, 9.17) is 0 Å². The molecule has 1 N–H and O–H groups in total. The van der Waals surface area contributed by atoms with Crippen molar-refractivity contribution >= 4 is 11.5 Å². The fraction of sp³-hybridized carbons (Fsp3) is 0.500. The summed E-state index contributed by atoms with van der Waals surface area (Å²) in [6.07, 6.45) is 4.20. The molecule has 0 bridgehead atoms. The first-order valence-electron chi connectivity index (χ1n) is 4.57. The number of piperidine rings is 1. The molecule has 2 nitrogen and oxygen atoms in total. The summed E-state index contributed by atoms with van der Waals surface area (Å²) in [6, 6.07) is 0. The number of nitrogens with one attached hydrogen (secondary N) is 1. The molecule has 68 valence electrons. The van der Waals surface area contributed by atoms with Crippen LogP contribution in [0.1, 0.15) is 18.4 Å². The zero-order valence-electron chi connectivity index (χ0n) is 7.42. The predicted octanol–water partition coefficient (Wildman–Crippen LogP) is 1.49. The highest BCUT2D eigenvalue weighted by molar-refractivity contribution is 7.03. The normalized spacial score (nSPS) is 17.8. The Labute approximate surface area is 82.5 Å². The molecule has 1 aromatic heterocycles. The maximum atomic E-state index is 4.01. The van der Waals surface area contributed by atoms with Gasteiger partial charge in [-0.3, -0.25) is 0 Å². The molecule has 3 heteroatoms. The molecule has 0 saturated carbocycles. The molecule has 0 aromatic carbocycles. The Hall–Kier alpha value is -0.850. The van der Waals surface area contributed by atoms with Crippen molar-refractivity contribution in [3.05, 3.63) is 17.1 Å². The molecular formula is C10H12N2S. The Morgan fingerprint density at radius 1 is 1.46 bits per heavy atom. The van der Waals surface area contributed by atoms with Gasteiger partial charge in [0.15, 0.2) is 0 Å². The second-order valence-corrected chi connectivity index (χ2v) is 3.86. The minimum atomic E-state index is 0.584. The lowest BCUT2D eigenvalue weighted by Gasteiger charge is -2.17. The Kier molecular flexibility index (Phi) is 2.96. The topological polar surface area (TPSA) is 24.9 Å². The molecule has 2 heterocycles. The molecule has 1 aliphatic rings. The van der Waals surface area contributed by atoms with Gasteiger partial charge in [0, 0.05) is 11.3 Å². The molecule has 13 heavy (non-hydrogen) atoms. The number of aromatic nitrogens is 1. The first-order valence-corrected chi connectivity index (χ1v) is 5.40. The lowest BCUT2D eigenvalue weighted by molar-refractivity contribution is 0.447. The van der Waals surface area contributed by atoms with E-state index in [1.54, 1.807) is 0 Å². The highest BCUT2D eigenvalue weighted by Crippen LogP contribution is 2.10. The van der Waals surface area contributed by atoms with Gasteiger partial charge in [0.25, 0.3) is 0 Å². The highest BCUT2D eigenvalue weighted by Gasteiger charge is 2.08. The third-order valence-corrected chi connectivity index (χ3v) is 2.78. The summed E-state index contributed by atoms with van der Waals surface area (Å²) in [5.74, 6) is 7.05. The standard InChI is InChI=1S/C10H12N2S/c1(2-10-7-12-13-8-10)9-3-5-11-6-4-9/h7-9,11H,3-6H2. The lowest BCUT2D eigenvalue weighted by Crippen LogP contribution is -2.26. The minimum Gasteiger partial charge on any atom is -0.317 e. The van der Waals surface area contributed by atoms with Gasteiger partial charge in [-0.2, -0.15) is 4.37 Å². The summed E-state index contributed by atoms with van der Waals surface area (Å²) in [7, 11) is 0. The first-order chi connectivity index (χ1) is 6.45. The summed E-state index contributed by atoms with van der Waals surface area (Å²) in [5.41, 5.74) is 1.06. The molecule has 0 radical (unpaired) electrons. The van der Waals surface area contributed by atoms with E-state index in [1.807, 2.05) is 11.6 Å². The van der Waals surface area contributed by atoms with Gasteiger partial charge < -0.3 is 5.32 Å². The maximum absolute atomic E-state index is 4.01. The van der Waals surface area contributed by atoms with E-state index < -0.39 is 0 Å². The van der Waals surface area contributed by atoms with Crippen molar-refractivity contribution in [3.8, 4) is 11.8 Å². The van der Waals surface area contributed by atoms with Crippen LogP contribution >= 0.6 is 11.5 Å². The van der Waals surface area contributed by atoms with Gasteiger partial charge in [0.1, 0.15) is 0 Å². The summed E-state index contributed by atoms with van der Waals surface area (Å²) in [5, 5.41) is 5.32. The number of nitrogens with zero attached hydrogens (tertiary/aromatic N) is 1. The second kappa shape index (κ2) is 4.40. The van der Waals surface area contributed by atoms with Crippen LogP contribution in [0.2, 0.25) is 0 Å². The fourth-order valence-electron chi connectivity index (χ4n) is 1.42. The summed E-state index contributed by atoms with van der Waals surface area (Å²) >= 11 is 1.46. The van der Waals surface area contributed by atoms with Gasteiger partial charge in [0.2, 0.25) is 0 Å². The summed E-state index contributed by atoms with van der Waals surface area (Å²) < 4.78 is 4.01. The summed E-state index contributed by atoms with van der Waals surface area (Å²) in [4.78, 5) is 0. The quantitative estimate of drug-likeness (QED) is 0.630. The Bertz CT molecular complexity index is 301. The number of rotatable bonds is 0. The van der Waals surface area contributed by atoms with Gasteiger partial charge in [-0.1, -0.05) is 11.8 Å². The van der Waals surface area contributed by atoms with Crippen molar-refractivity contribution in [1.82, 2.24) is 9.69 Å². The van der Waals surface area contributed by atoms with E-state index in [-0.39, 0.29) is 0 Å². The minimum absolute atomic E-state index is 0.584. The van der Waals surface area contributed by atoms with Gasteiger partial charge >= 0.3 is 0 Å². The van der Waals surface area contributed by atoms with Crippen molar-refractivity contribution in [2.24, 2.45) is 5.92 Å². The number of hydrogen-bond donors (Lipinski definition) is 1. The maximum Gasteiger partial charge on any atom is 0.0563 e. The fourth-order valence-corrected chi connectivity index (χ4v) is 1.89. The van der Waals surface area contributed by atoms with E-state index in [0.717, 1.165) is 18.7 Å². The van der Waals surface area contributed by atoms with Crippen LogP contribution in [0.15, 0.2) is 11.6 Å². The van der Waals surface area contributed by atoms with E-state index in [2.05, 4.69) is 21.5 Å². The van der Waals surface area contributed by atoms with Crippen molar-refractivity contribution < 1.29 is 0 Å². The second-order valence-electron chi connectivity index (χ2n) is 3.21. The van der Waals surface area contributed by atoms with Gasteiger partial charge in [-0.05, 0) is 37.5 Å². The Morgan fingerprint density at radius 3 is 3.00 bits per heavy atom. The van der Waals surface area contributed by atoms with Crippen molar-refractivity contribution in [3.63, 3.8) is 0 Å². The van der Waals surface area contributed by atoms with Gasteiger partial charge in [0.05, 0.1) is 11.8 Å². The summed E-state index contributed by atoms with van der Waals surface area (Å²) in [6.45, 7) is 2.22. The first kappa shape index (κ1) is 8.74. The van der Waals surface area contributed by atoms with E-state index in [1.165, 1.54) is 24.4 Å². The van der Waals surface area contributed by atoms with Crippen LogP contribution in [0.3, 0.4) is 0 Å². The number of hydrogen-bond acceptors (Lipinski definition) is 3. The third kappa shape index (κ3) is 2.55. The molecule has 1 saturated heterocycles. The average Bonchev–Trinajstić information content (AvgIpc) is 2.69. The van der Waals surface area contributed by atoms with Crippen LogP contribution in [0.4, 0.5) is 0 Å². The van der Waals surface area contributed by atoms with Crippen molar-refractivity contribution in [2.45, 2.75) is 12.8 Å². The molecule has 0 amide bonds. The molecular weight excluding hydrogens is 180 g/mol. The molecule has 1 fully saturated rings. The smallest absolute Gasteiger partial charge is 0.0563 e. The average molecular weight is 192 g/mol. The van der Waals surface area contributed by atoms with Crippen LogP contribution in [-0.4, -0.2) is 17.5 Å². The molecule has 1 aromatic rings.